The Kier molecular flexibility index (Phi) is 4.04. The number of nitrogens with one attached hydrogen (secondary N) is 1. The summed E-state index contributed by atoms with van der Waals surface area (Å²) in [5.41, 5.74) is 1.34. The number of amides is 1. The standard InChI is InChI=1S/C14H14Cl2FN3O/c15-4-3-13-19-11-6-10(17)9(16)5-12(11)20(13)8-1-2-14(21)18-7-8/h5-6,8H,1-4,7H2,(H,18,21). The van der Waals surface area contributed by atoms with E-state index in [-0.39, 0.29) is 17.0 Å². The summed E-state index contributed by atoms with van der Waals surface area (Å²) in [7, 11) is 0. The molecular formula is C14H14Cl2FN3O. The predicted molar refractivity (Wildman–Crippen MR) is 80.4 cm³/mol. The van der Waals surface area contributed by atoms with Gasteiger partial charge in [0, 0.05) is 31.3 Å². The smallest absolute Gasteiger partial charge is 0.220 e. The summed E-state index contributed by atoms with van der Waals surface area (Å²) in [5.74, 6) is 0.795. The fourth-order valence-corrected chi connectivity index (χ4v) is 3.08. The third-order valence-electron chi connectivity index (χ3n) is 3.73. The van der Waals surface area contributed by atoms with Crippen molar-refractivity contribution < 1.29 is 9.18 Å². The van der Waals surface area contributed by atoms with Crippen LogP contribution in [-0.4, -0.2) is 27.9 Å². The minimum atomic E-state index is -0.483. The first-order valence-electron chi connectivity index (χ1n) is 6.78. The number of fused-ring (bicyclic) bond motifs is 1. The summed E-state index contributed by atoms with van der Waals surface area (Å²) < 4.78 is 15.6. The van der Waals surface area contributed by atoms with E-state index in [4.69, 9.17) is 23.2 Å². The fourth-order valence-electron chi connectivity index (χ4n) is 2.75. The van der Waals surface area contributed by atoms with Crippen molar-refractivity contribution >= 4 is 40.1 Å². The Hall–Kier alpha value is -1.33. The van der Waals surface area contributed by atoms with Gasteiger partial charge in [-0.05, 0) is 12.5 Å². The SMILES string of the molecule is O=C1CCC(n2c(CCCl)nc3cc(F)c(Cl)cc32)CN1. The number of carbonyl (C=O) groups is 1. The number of piperidine rings is 1. The van der Waals surface area contributed by atoms with Crippen molar-refractivity contribution in [3.05, 3.63) is 28.8 Å². The summed E-state index contributed by atoms with van der Waals surface area (Å²) in [6.45, 7) is 0.536. The quantitative estimate of drug-likeness (QED) is 0.880. The number of alkyl halides is 1. The first-order chi connectivity index (χ1) is 10.1. The zero-order chi connectivity index (χ0) is 15.0. The third-order valence-corrected chi connectivity index (χ3v) is 4.21. The van der Waals surface area contributed by atoms with Crippen LogP contribution in [0.15, 0.2) is 12.1 Å². The summed E-state index contributed by atoms with van der Waals surface area (Å²) in [6, 6.07) is 3.02. The molecular weight excluding hydrogens is 316 g/mol. The van der Waals surface area contributed by atoms with Gasteiger partial charge in [0.1, 0.15) is 11.6 Å². The molecule has 4 nitrogen and oxygen atoms in total. The van der Waals surface area contributed by atoms with Crippen LogP contribution in [0.25, 0.3) is 11.0 Å². The Bertz CT molecular complexity index is 691. The Morgan fingerprint density at radius 1 is 1.48 bits per heavy atom. The lowest BCUT2D eigenvalue weighted by molar-refractivity contribution is -0.122. The summed E-state index contributed by atoms with van der Waals surface area (Å²) in [4.78, 5) is 15.8. The average Bonchev–Trinajstić information content (AvgIpc) is 2.78. The number of imidazole rings is 1. The molecule has 0 aliphatic carbocycles. The molecule has 21 heavy (non-hydrogen) atoms. The minimum Gasteiger partial charge on any atom is -0.354 e. The van der Waals surface area contributed by atoms with E-state index in [1.54, 1.807) is 6.07 Å². The number of carbonyl (C=O) groups excluding carboxylic acids is 1. The molecule has 0 bridgehead atoms. The molecule has 1 aliphatic heterocycles. The maximum atomic E-state index is 13.6. The van der Waals surface area contributed by atoms with Crippen LogP contribution in [-0.2, 0) is 11.2 Å². The van der Waals surface area contributed by atoms with Crippen molar-refractivity contribution in [2.45, 2.75) is 25.3 Å². The van der Waals surface area contributed by atoms with E-state index in [2.05, 4.69) is 10.3 Å². The zero-order valence-electron chi connectivity index (χ0n) is 11.2. The highest BCUT2D eigenvalue weighted by Crippen LogP contribution is 2.29. The van der Waals surface area contributed by atoms with Crippen LogP contribution in [0.3, 0.4) is 0 Å². The van der Waals surface area contributed by atoms with Gasteiger partial charge in [-0.25, -0.2) is 9.37 Å². The van der Waals surface area contributed by atoms with Gasteiger partial charge in [0.25, 0.3) is 0 Å². The third kappa shape index (κ3) is 2.72. The number of nitrogens with zero attached hydrogens (tertiary/aromatic N) is 2. The van der Waals surface area contributed by atoms with Gasteiger partial charge in [-0.1, -0.05) is 11.6 Å². The lowest BCUT2D eigenvalue weighted by Crippen LogP contribution is -2.36. The summed E-state index contributed by atoms with van der Waals surface area (Å²) in [6.07, 6.45) is 1.78. The number of rotatable bonds is 3. The van der Waals surface area contributed by atoms with Gasteiger partial charge in [0.05, 0.1) is 22.1 Å². The van der Waals surface area contributed by atoms with Crippen LogP contribution in [0.5, 0.6) is 0 Å². The molecule has 112 valence electrons. The van der Waals surface area contributed by atoms with Gasteiger partial charge >= 0.3 is 0 Å². The van der Waals surface area contributed by atoms with Crippen LogP contribution >= 0.6 is 23.2 Å². The Morgan fingerprint density at radius 2 is 2.29 bits per heavy atom. The molecule has 1 aliphatic rings. The predicted octanol–water partition coefficient (Wildman–Crippen LogP) is 3.06. The van der Waals surface area contributed by atoms with Crippen LogP contribution in [0.1, 0.15) is 24.7 Å². The Balaban J connectivity index is 2.11. The van der Waals surface area contributed by atoms with Crippen LogP contribution in [0.2, 0.25) is 5.02 Å². The Morgan fingerprint density at radius 3 is 2.95 bits per heavy atom. The molecule has 3 rings (SSSR count). The Labute approximate surface area is 131 Å². The molecule has 1 aromatic carbocycles. The molecule has 1 N–H and O–H groups in total. The second kappa shape index (κ2) is 5.81. The van der Waals surface area contributed by atoms with Crippen molar-refractivity contribution in [3.8, 4) is 0 Å². The molecule has 2 aromatic rings. The molecule has 1 unspecified atom stereocenters. The van der Waals surface area contributed by atoms with Gasteiger partial charge in [-0.2, -0.15) is 0 Å². The van der Waals surface area contributed by atoms with E-state index >= 15 is 0 Å². The number of halogens is 3. The van der Waals surface area contributed by atoms with E-state index in [9.17, 15) is 9.18 Å². The molecule has 0 radical (unpaired) electrons. The van der Waals surface area contributed by atoms with Gasteiger partial charge in [-0.15, -0.1) is 11.6 Å². The van der Waals surface area contributed by atoms with Crippen LogP contribution in [0, 0.1) is 5.82 Å². The monoisotopic (exact) mass is 329 g/mol. The van der Waals surface area contributed by atoms with E-state index in [1.165, 1.54) is 6.07 Å². The molecule has 0 saturated carbocycles. The van der Waals surface area contributed by atoms with Crippen molar-refractivity contribution in [1.82, 2.24) is 14.9 Å². The largest absolute Gasteiger partial charge is 0.354 e. The second-order valence-corrected chi connectivity index (χ2v) is 5.87. The maximum absolute atomic E-state index is 13.6. The lowest BCUT2D eigenvalue weighted by Gasteiger charge is -2.26. The maximum Gasteiger partial charge on any atom is 0.220 e. The average molecular weight is 330 g/mol. The molecule has 2 heterocycles. The van der Waals surface area contributed by atoms with Gasteiger partial charge in [0.2, 0.25) is 5.91 Å². The summed E-state index contributed by atoms with van der Waals surface area (Å²) >= 11 is 11.7. The van der Waals surface area contributed by atoms with Crippen molar-refractivity contribution in [1.29, 1.82) is 0 Å². The molecule has 1 amide bonds. The highest BCUT2D eigenvalue weighted by molar-refractivity contribution is 6.31. The molecule has 1 fully saturated rings. The van der Waals surface area contributed by atoms with E-state index in [0.717, 1.165) is 17.8 Å². The number of hydrogen-bond acceptors (Lipinski definition) is 2. The number of benzene rings is 1. The summed E-state index contributed by atoms with van der Waals surface area (Å²) in [5, 5.41) is 2.92. The molecule has 1 atom stereocenters. The fraction of sp³-hybridized carbons (Fsp3) is 0.429. The number of aromatic nitrogens is 2. The minimum absolute atomic E-state index is 0.0543. The highest BCUT2D eigenvalue weighted by Gasteiger charge is 2.24. The highest BCUT2D eigenvalue weighted by atomic mass is 35.5. The van der Waals surface area contributed by atoms with Crippen molar-refractivity contribution in [3.63, 3.8) is 0 Å². The van der Waals surface area contributed by atoms with Crippen molar-refractivity contribution in [2.24, 2.45) is 0 Å². The topological polar surface area (TPSA) is 46.9 Å². The molecule has 7 heteroatoms. The molecule has 1 saturated heterocycles. The number of hydrogen-bond donors (Lipinski definition) is 1. The van der Waals surface area contributed by atoms with Crippen LogP contribution in [0.4, 0.5) is 4.39 Å². The van der Waals surface area contributed by atoms with Gasteiger partial charge in [0.15, 0.2) is 0 Å². The van der Waals surface area contributed by atoms with Gasteiger partial charge in [-0.3, -0.25) is 4.79 Å². The zero-order valence-corrected chi connectivity index (χ0v) is 12.7. The normalized spacial score (nSPS) is 19.0. The second-order valence-electron chi connectivity index (χ2n) is 5.09. The van der Waals surface area contributed by atoms with Crippen LogP contribution < -0.4 is 5.32 Å². The van der Waals surface area contributed by atoms with E-state index in [0.29, 0.717) is 30.8 Å². The van der Waals surface area contributed by atoms with Gasteiger partial charge < -0.3 is 9.88 Å². The van der Waals surface area contributed by atoms with E-state index < -0.39 is 5.82 Å². The molecule has 1 aromatic heterocycles. The van der Waals surface area contributed by atoms with E-state index in [1.807, 2.05) is 4.57 Å². The van der Waals surface area contributed by atoms with Crippen molar-refractivity contribution in [2.75, 3.05) is 12.4 Å². The first-order valence-corrected chi connectivity index (χ1v) is 7.70. The first kappa shape index (κ1) is 14.6. The lowest BCUT2D eigenvalue weighted by atomic mass is 10.1. The molecule has 0 spiro atoms. The number of aryl methyl sites for hydroxylation is 1.